The van der Waals surface area contributed by atoms with Crippen LogP contribution in [0.5, 0.6) is 5.75 Å². The van der Waals surface area contributed by atoms with Gasteiger partial charge in [0.05, 0.1) is 6.07 Å². The lowest BCUT2D eigenvalue weighted by Gasteiger charge is -1.82. The van der Waals surface area contributed by atoms with Crippen LogP contribution in [0, 0.1) is 21.4 Å². The highest BCUT2D eigenvalue weighted by molar-refractivity contribution is 5.18. The predicted octanol–water partition coefficient (Wildman–Crippen LogP) is 2.21. The summed E-state index contributed by atoms with van der Waals surface area (Å²) in [4.78, 5) is 8.31. The van der Waals surface area contributed by atoms with E-state index in [0.717, 1.165) is 7.05 Å². The van der Waals surface area contributed by atoms with E-state index in [0.29, 0.717) is 12.2 Å². The second-order valence-electron chi connectivity index (χ2n) is 2.29. The first-order chi connectivity index (χ1) is 7.04. The van der Waals surface area contributed by atoms with Gasteiger partial charge in [-0.2, -0.15) is 5.26 Å². The summed E-state index contributed by atoms with van der Waals surface area (Å²) < 4.78 is 0. The first-order valence-corrected chi connectivity index (χ1v) is 4.23. The molecular weight excluding hydrogens is 196 g/mol. The standard InChI is InChI=1S/C6H6O.C3H5N.CH3NO2/c7-6-4-2-1-3-5-6;1-2-3-4;1-2(3)4/h1-5,7H;2H2,1H3;1H3. The first-order valence-electron chi connectivity index (χ1n) is 4.23. The number of hydrogen-bond acceptors (Lipinski definition) is 4. The molecule has 0 radical (unpaired) electrons. The van der Waals surface area contributed by atoms with E-state index in [2.05, 4.69) is 0 Å². The van der Waals surface area contributed by atoms with Gasteiger partial charge in [0.25, 0.3) is 0 Å². The lowest BCUT2D eigenvalue weighted by Crippen LogP contribution is -1.79. The van der Waals surface area contributed by atoms with E-state index in [1.807, 2.05) is 19.1 Å². The summed E-state index contributed by atoms with van der Waals surface area (Å²) in [7, 11) is 0.889. The third-order valence-electron chi connectivity index (χ3n) is 0.914. The third kappa shape index (κ3) is 24.5. The van der Waals surface area contributed by atoms with Gasteiger partial charge in [0.1, 0.15) is 5.75 Å². The van der Waals surface area contributed by atoms with Gasteiger partial charge < -0.3 is 5.11 Å². The quantitative estimate of drug-likeness (QED) is 0.525. The maximum Gasteiger partial charge on any atom is 0.194 e. The highest BCUT2D eigenvalue weighted by Gasteiger charge is 1.74. The van der Waals surface area contributed by atoms with Gasteiger partial charge in [-0.15, -0.1) is 0 Å². The fourth-order valence-electron chi connectivity index (χ4n) is 0.428. The molecule has 0 aliphatic rings. The van der Waals surface area contributed by atoms with E-state index in [1.54, 1.807) is 24.3 Å². The molecule has 1 rings (SSSR count). The molecule has 0 amide bonds. The molecule has 82 valence electrons. The van der Waals surface area contributed by atoms with Gasteiger partial charge in [0, 0.05) is 11.3 Å². The normalized spacial score (nSPS) is 7.00. The molecule has 15 heavy (non-hydrogen) atoms. The molecule has 0 aromatic heterocycles. The molecule has 0 bridgehead atoms. The van der Waals surface area contributed by atoms with Crippen molar-refractivity contribution in [3.63, 3.8) is 0 Å². The molecule has 1 N–H and O–H groups in total. The Hall–Kier alpha value is -2.09. The molecule has 0 unspecified atom stereocenters. The summed E-state index contributed by atoms with van der Waals surface area (Å²) in [6, 6.07) is 10.6. The van der Waals surface area contributed by atoms with Crippen molar-refractivity contribution < 1.29 is 10.0 Å². The van der Waals surface area contributed by atoms with E-state index in [-0.39, 0.29) is 0 Å². The zero-order valence-corrected chi connectivity index (χ0v) is 8.75. The average Bonchev–Trinajstić information content (AvgIpc) is 2.18. The number of nitriles is 1. The fraction of sp³-hybridized carbons (Fsp3) is 0.300. The summed E-state index contributed by atoms with van der Waals surface area (Å²) in [6.45, 7) is 1.82. The van der Waals surface area contributed by atoms with Crippen molar-refractivity contribution in [3.05, 3.63) is 40.4 Å². The Balaban J connectivity index is 0. The lowest BCUT2D eigenvalue weighted by molar-refractivity contribution is -0.445. The number of rotatable bonds is 0. The topological polar surface area (TPSA) is 87.2 Å². The highest BCUT2D eigenvalue weighted by atomic mass is 16.6. The van der Waals surface area contributed by atoms with E-state index < -0.39 is 4.92 Å². The molecule has 0 saturated carbocycles. The zero-order chi connectivity index (χ0) is 12.1. The number of hydrogen-bond donors (Lipinski definition) is 1. The van der Waals surface area contributed by atoms with Crippen molar-refractivity contribution in [1.82, 2.24) is 0 Å². The molecular formula is C10H14N2O3. The van der Waals surface area contributed by atoms with E-state index in [1.165, 1.54) is 0 Å². The summed E-state index contributed by atoms with van der Waals surface area (Å²) >= 11 is 0. The summed E-state index contributed by atoms with van der Waals surface area (Å²) in [5, 5.41) is 25.1. The first kappa shape index (κ1) is 15.4. The van der Waals surface area contributed by atoms with Crippen LogP contribution >= 0.6 is 0 Å². The Bertz CT molecular complexity index is 289. The van der Waals surface area contributed by atoms with Gasteiger partial charge in [-0.3, -0.25) is 10.1 Å². The summed E-state index contributed by atoms with van der Waals surface area (Å²) in [5.74, 6) is 0.322. The largest absolute Gasteiger partial charge is 0.508 e. The molecule has 0 heterocycles. The molecule has 0 saturated heterocycles. The van der Waals surface area contributed by atoms with Crippen LogP contribution in [0.1, 0.15) is 13.3 Å². The van der Waals surface area contributed by atoms with Crippen LogP contribution < -0.4 is 0 Å². The molecule has 0 aliphatic carbocycles. The fourth-order valence-corrected chi connectivity index (χ4v) is 0.428. The number of phenolic OH excluding ortho intramolecular Hbond substituents is 1. The molecule has 1 aromatic carbocycles. The van der Waals surface area contributed by atoms with E-state index in [9.17, 15) is 0 Å². The van der Waals surface area contributed by atoms with Gasteiger partial charge in [-0.25, -0.2) is 0 Å². The van der Waals surface area contributed by atoms with Gasteiger partial charge in [0.15, 0.2) is 7.05 Å². The molecule has 1 aromatic rings. The number of phenols is 1. The van der Waals surface area contributed by atoms with Crippen LogP contribution in [0.2, 0.25) is 0 Å². The van der Waals surface area contributed by atoms with Crippen molar-refractivity contribution in [3.8, 4) is 11.8 Å². The minimum atomic E-state index is -0.500. The van der Waals surface area contributed by atoms with Crippen molar-refractivity contribution in [2.45, 2.75) is 13.3 Å². The Kier molecular flexibility index (Phi) is 12.2. The number of benzene rings is 1. The monoisotopic (exact) mass is 210 g/mol. The van der Waals surface area contributed by atoms with Gasteiger partial charge >= 0.3 is 0 Å². The van der Waals surface area contributed by atoms with Crippen molar-refractivity contribution in [2.75, 3.05) is 7.05 Å². The lowest BCUT2D eigenvalue weighted by atomic mass is 10.3. The molecule has 0 atom stereocenters. The maximum absolute atomic E-state index is 8.81. The Labute approximate surface area is 88.7 Å². The minimum absolute atomic E-state index is 0.322. The number of aromatic hydroxyl groups is 1. The van der Waals surface area contributed by atoms with Gasteiger partial charge in [-0.05, 0) is 12.1 Å². The average molecular weight is 210 g/mol. The van der Waals surface area contributed by atoms with E-state index in [4.69, 9.17) is 20.5 Å². The number of nitrogens with zero attached hydrogens (tertiary/aromatic N) is 2. The predicted molar refractivity (Wildman–Crippen MR) is 56.9 cm³/mol. The molecule has 0 aliphatic heterocycles. The van der Waals surface area contributed by atoms with Crippen LogP contribution in [-0.2, 0) is 0 Å². The summed E-state index contributed by atoms with van der Waals surface area (Å²) in [6.07, 6.45) is 0.625. The SMILES string of the molecule is CCC#N.C[N+](=O)[O-].Oc1ccccc1. The molecule has 5 heteroatoms. The maximum atomic E-state index is 8.81. The minimum Gasteiger partial charge on any atom is -0.508 e. The van der Waals surface area contributed by atoms with Crippen LogP contribution in [0.25, 0.3) is 0 Å². The number of para-hydroxylation sites is 1. The number of nitro groups is 1. The van der Waals surface area contributed by atoms with Crippen LogP contribution in [0.15, 0.2) is 30.3 Å². The third-order valence-corrected chi connectivity index (χ3v) is 0.914. The smallest absolute Gasteiger partial charge is 0.194 e. The van der Waals surface area contributed by atoms with Gasteiger partial charge in [-0.1, -0.05) is 25.1 Å². The van der Waals surface area contributed by atoms with Crippen molar-refractivity contribution in [2.24, 2.45) is 0 Å². The zero-order valence-electron chi connectivity index (χ0n) is 8.75. The van der Waals surface area contributed by atoms with Crippen LogP contribution in [-0.4, -0.2) is 17.1 Å². The Morgan fingerprint density at radius 3 is 1.93 bits per heavy atom. The van der Waals surface area contributed by atoms with Crippen LogP contribution in [0.3, 0.4) is 0 Å². The highest BCUT2D eigenvalue weighted by Crippen LogP contribution is 2.02. The Morgan fingerprint density at radius 2 is 1.80 bits per heavy atom. The molecule has 0 spiro atoms. The van der Waals surface area contributed by atoms with Gasteiger partial charge in [0.2, 0.25) is 0 Å². The van der Waals surface area contributed by atoms with Crippen LogP contribution in [0.4, 0.5) is 0 Å². The molecule has 5 nitrogen and oxygen atoms in total. The Morgan fingerprint density at radius 1 is 1.47 bits per heavy atom. The summed E-state index contributed by atoms with van der Waals surface area (Å²) in [5.41, 5.74) is 0. The second kappa shape index (κ2) is 11.9. The van der Waals surface area contributed by atoms with E-state index >= 15 is 0 Å². The molecule has 0 fully saturated rings. The van der Waals surface area contributed by atoms with Crippen molar-refractivity contribution >= 4 is 0 Å². The van der Waals surface area contributed by atoms with Crippen molar-refractivity contribution in [1.29, 1.82) is 5.26 Å². The second-order valence-corrected chi connectivity index (χ2v) is 2.29.